The summed E-state index contributed by atoms with van der Waals surface area (Å²) in [7, 11) is 0. The molecular weight excluding hydrogens is 280 g/mol. The molecule has 1 saturated heterocycles. The van der Waals surface area contributed by atoms with Crippen molar-refractivity contribution in [2.45, 2.75) is 26.3 Å². The van der Waals surface area contributed by atoms with Gasteiger partial charge in [0.2, 0.25) is 11.8 Å². The first-order valence-electron chi connectivity index (χ1n) is 6.35. The Morgan fingerprint density at radius 2 is 2.15 bits per heavy atom. The molecule has 1 unspecified atom stereocenters. The summed E-state index contributed by atoms with van der Waals surface area (Å²) in [6, 6.07) is 4.28. The number of nitrogens with one attached hydrogen (secondary N) is 1. The smallest absolute Gasteiger partial charge is 0.255 e. The fraction of sp³-hybridized carbons (Fsp3) is 0.357. The number of piperazine rings is 1. The molecule has 1 atom stereocenters. The van der Waals surface area contributed by atoms with Crippen molar-refractivity contribution in [2.24, 2.45) is 0 Å². The quantitative estimate of drug-likeness (QED) is 0.841. The van der Waals surface area contributed by atoms with Gasteiger partial charge in [0.05, 0.1) is 0 Å². The second-order valence-corrected chi connectivity index (χ2v) is 5.14. The molecule has 0 radical (unpaired) electrons. The van der Waals surface area contributed by atoms with Crippen LogP contribution in [0.25, 0.3) is 0 Å². The molecule has 3 amide bonds. The third-order valence-electron chi connectivity index (χ3n) is 3.31. The van der Waals surface area contributed by atoms with Gasteiger partial charge in [-0.15, -0.1) is 0 Å². The van der Waals surface area contributed by atoms with E-state index in [1.165, 1.54) is 4.90 Å². The Morgan fingerprint density at radius 3 is 2.75 bits per heavy atom. The van der Waals surface area contributed by atoms with Gasteiger partial charge in [-0.1, -0.05) is 18.5 Å². The Bertz CT molecular complexity index is 586. The maximum atomic E-state index is 12.5. The summed E-state index contributed by atoms with van der Waals surface area (Å²) >= 11 is 5.93. The van der Waals surface area contributed by atoms with Crippen molar-refractivity contribution >= 4 is 29.3 Å². The number of imide groups is 1. The van der Waals surface area contributed by atoms with Crippen LogP contribution in [-0.4, -0.2) is 35.2 Å². The van der Waals surface area contributed by atoms with Crippen molar-refractivity contribution in [1.29, 1.82) is 0 Å². The van der Waals surface area contributed by atoms with Crippen LogP contribution >= 0.6 is 11.6 Å². The molecule has 6 heteroatoms. The van der Waals surface area contributed by atoms with Crippen LogP contribution in [0.15, 0.2) is 18.2 Å². The second kappa shape index (κ2) is 5.63. The van der Waals surface area contributed by atoms with Gasteiger partial charge in [-0.05, 0) is 37.1 Å². The molecule has 1 fully saturated rings. The van der Waals surface area contributed by atoms with E-state index in [-0.39, 0.29) is 12.5 Å². The molecule has 0 aliphatic carbocycles. The molecule has 0 bridgehead atoms. The Morgan fingerprint density at radius 1 is 1.45 bits per heavy atom. The number of benzene rings is 1. The minimum Gasteiger partial charge on any atom is -0.317 e. The lowest BCUT2D eigenvalue weighted by Crippen LogP contribution is -2.59. The Hall–Kier alpha value is -1.88. The van der Waals surface area contributed by atoms with Gasteiger partial charge in [0, 0.05) is 10.6 Å². The van der Waals surface area contributed by atoms with Crippen molar-refractivity contribution < 1.29 is 14.4 Å². The Balaban J connectivity index is 2.32. The molecule has 1 aliphatic heterocycles. The first-order valence-corrected chi connectivity index (χ1v) is 6.72. The zero-order chi connectivity index (χ0) is 14.9. The van der Waals surface area contributed by atoms with Gasteiger partial charge in [-0.2, -0.15) is 0 Å². The van der Waals surface area contributed by atoms with E-state index in [4.69, 9.17) is 11.6 Å². The zero-order valence-electron chi connectivity index (χ0n) is 11.3. The minimum atomic E-state index is -0.615. The molecule has 1 heterocycles. The lowest BCUT2D eigenvalue weighted by molar-refractivity contribution is -0.138. The van der Waals surface area contributed by atoms with Crippen molar-refractivity contribution in [3.05, 3.63) is 34.3 Å². The van der Waals surface area contributed by atoms with Crippen LogP contribution < -0.4 is 5.32 Å². The van der Waals surface area contributed by atoms with E-state index < -0.39 is 17.9 Å². The van der Waals surface area contributed by atoms with Gasteiger partial charge >= 0.3 is 0 Å². The van der Waals surface area contributed by atoms with Crippen LogP contribution in [0.1, 0.15) is 29.3 Å². The standard InChI is InChI=1S/C14H15ClN2O3/c1-3-11-13(19)16-12(18)7-17(11)14(20)9-4-5-10(15)8(2)6-9/h4-6,11H,3,7H2,1-2H3,(H,16,18,19). The Labute approximate surface area is 121 Å². The normalized spacial score (nSPS) is 18.9. The third-order valence-corrected chi connectivity index (χ3v) is 3.73. The van der Waals surface area contributed by atoms with Crippen LogP contribution in [-0.2, 0) is 9.59 Å². The van der Waals surface area contributed by atoms with Crippen molar-refractivity contribution in [1.82, 2.24) is 10.2 Å². The average molecular weight is 295 g/mol. The summed E-state index contributed by atoms with van der Waals surface area (Å²) in [5.74, 6) is -1.22. The number of amides is 3. The summed E-state index contributed by atoms with van der Waals surface area (Å²) in [5.41, 5.74) is 1.20. The molecule has 0 spiro atoms. The number of halogens is 1. The van der Waals surface area contributed by atoms with Gasteiger partial charge < -0.3 is 4.90 Å². The summed E-state index contributed by atoms with van der Waals surface area (Å²) < 4.78 is 0. The van der Waals surface area contributed by atoms with E-state index in [2.05, 4.69) is 5.32 Å². The van der Waals surface area contributed by atoms with E-state index in [1.54, 1.807) is 32.0 Å². The molecular formula is C14H15ClN2O3. The predicted molar refractivity (Wildman–Crippen MR) is 74.5 cm³/mol. The first-order chi connectivity index (χ1) is 9.43. The summed E-state index contributed by atoms with van der Waals surface area (Å²) in [6.45, 7) is 3.49. The lowest BCUT2D eigenvalue weighted by atomic mass is 10.1. The number of carbonyl (C=O) groups is 3. The molecule has 2 rings (SSSR count). The molecule has 0 aromatic heterocycles. The van der Waals surface area contributed by atoms with Crippen LogP contribution in [0.5, 0.6) is 0 Å². The lowest BCUT2D eigenvalue weighted by Gasteiger charge is -2.33. The summed E-state index contributed by atoms with van der Waals surface area (Å²) in [4.78, 5) is 37.0. The number of aryl methyl sites for hydroxylation is 1. The predicted octanol–water partition coefficient (Wildman–Crippen LogP) is 1.53. The van der Waals surface area contributed by atoms with E-state index in [1.807, 2.05) is 0 Å². The van der Waals surface area contributed by atoms with E-state index in [9.17, 15) is 14.4 Å². The minimum absolute atomic E-state index is 0.106. The molecule has 5 nitrogen and oxygen atoms in total. The second-order valence-electron chi connectivity index (χ2n) is 4.73. The maximum absolute atomic E-state index is 12.5. The van der Waals surface area contributed by atoms with Gasteiger partial charge in [0.1, 0.15) is 12.6 Å². The fourth-order valence-corrected chi connectivity index (χ4v) is 2.35. The number of hydrogen-bond acceptors (Lipinski definition) is 3. The topological polar surface area (TPSA) is 66.5 Å². The summed E-state index contributed by atoms with van der Waals surface area (Å²) in [6.07, 6.45) is 0.456. The number of hydrogen-bond donors (Lipinski definition) is 1. The molecule has 1 aliphatic rings. The highest BCUT2D eigenvalue weighted by Gasteiger charge is 2.35. The average Bonchev–Trinajstić information content (AvgIpc) is 2.40. The van der Waals surface area contributed by atoms with E-state index in [0.29, 0.717) is 17.0 Å². The van der Waals surface area contributed by atoms with Crippen LogP contribution in [0, 0.1) is 6.92 Å². The highest BCUT2D eigenvalue weighted by atomic mass is 35.5. The number of carbonyl (C=O) groups excluding carboxylic acids is 3. The fourth-order valence-electron chi connectivity index (χ4n) is 2.23. The first kappa shape index (κ1) is 14.5. The molecule has 1 aromatic carbocycles. The molecule has 0 saturated carbocycles. The van der Waals surface area contributed by atoms with E-state index in [0.717, 1.165) is 5.56 Å². The largest absolute Gasteiger partial charge is 0.317 e. The van der Waals surface area contributed by atoms with Crippen molar-refractivity contribution in [3.8, 4) is 0 Å². The van der Waals surface area contributed by atoms with Crippen LogP contribution in [0.4, 0.5) is 0 Å². The zero-order valence-corrected chi connectivity index (χ0v) is 12.0. The van der Waals surface area contributed by atoms with Crippen LogP contribution in [0.2, 0.25) is 5.02 Å². The molecule has 1 aromatic rings. The number of nitrogens with zero attached hydrogens (tertiary/aromatic N) is 1. The van der Waals surface area contributed by atoms with Gasteiger partial charge in [-0.25, -0.2) is 0 Å². The molecule has 1 N–H and O–H groups in total. The number of rotatable bonds is 2. The Kier molecular flexibility index (Phi) is 4.09. The third kappa shape index (κ3) is 2.67. The van der Waals surface area contributed by atoms with Crippen molar-refractivity contribution in [3.63, 3.8) is 0 Å². The van der Waals surface area contributed by atoms with Gasteiger partial charge in [0.25, 0.3) is 5.91 Å². The van der Waals surface area contributed by atoms with Gasteiger partial charge in [-0.3, -0.25) is 19.7 Å². The van der Waals surface area contributed by atoms with Crippen LogP contribution in [0.3, 0.4) is 0 Å². The van der Waals surface area contributed by atoms with Gasteiger partial charge in [0.15, 0.2) is 0 Å². The molecule has 106 valence electrons. The SMILES string of the molecule is CCC1C(=O)NC(=O)CN1C(=O)c1ccc(Cl)c(C)c1. The highest BCUT2D eigenvalue weighted by molar-refractivity contribution is 6.31. The monoisotopic (exact) mass is 294 g/mol. The highest BCUT2D eigenvalue weighted by Crippen LogP contribution is 2.19. The van der Waals surface area contributed by atoms with E-state index >= 15 is 0 Å². The van der Waals surface area contributed by atoms with Crippen molar-refractivity contribution in [2.75, 3.05) is 6.54 Å². The molecule has 20 heavy (non-hydrogen) atoms. The maximum Gasteiger partial charge on any atom is 0.255 e. The summed E-state index contributed by atoms with van der Waals surface area (Å²) in [5, 5.41) is 2.81.